The lowest BCUT2D eigenvalue weighted by molar-refractivity contribution is 1.28. The summed E-state index contributed by atoms with van der Waals surface area (Å²) in [4.78, 5) is 0. The molecule has 0 heterocycles. The molecule has 2 aromatic rings. The number of rotatable bonds is 4. The smallest absolute Gasteiger partial charge is 0.0100 e. The molecule has 2 aromatic carbocycles. The van der Waals surface area contributed by atoms with Crippen LogP contribution in [0.15, 0.2) is 80.4 Å². The van der Waals surface area contributed by atoms with Crippen LogP contribution >= 0.6 is 0 Å². The van der Waals surface area contributed by atoms with Crippen molar-refractivity contribution < 1.29 is 0 Å². The number of hydrogen-bond donors (Lipinski definition) is 0. The standard InChI is InChI=1S/C10H10.C9H10/c1-3-9-7-5-6-8-10(9)4-2;1-2-6-9-7-4-3-5-8-9/h3-8H,1-2H2;2-5,7-8H,1,6H2. The van der Waals surface area contributed by atoms with E-state index < -0.39 is 0 Å². The van der Waals surface area contributed by atoms with Gasteiger partial charge in [0.2, 0.25) is 0 Å². The van der Waals surface area contributed by atoms with Gasteiger partial charge < -0.3 is 0 Å². The Bertz CT molecular complexity index is 494. The highest BCUT2D eigenvalue weighted by molar-refractivity contribution is 5.63. The summed E-state index contributed by atoms with van der Waals surface area (Å²) in [6.45, 7) is 11.0. The molecule has 0 unspecified atom stereocenters. The zero-order valence-corrected chi connectivity index (χ0v) is 11.3. The molecule has 0 saturated carbocycles. The van der Waals surface area contributed by atoms with Crippen LogP contribution in [0.3, 0.4) is 0 Å². The number of benzene rings is 2. The van der Waals surface area contributed by atoms with Gasteiger partial charge in [-0.15, -0.1) is 6.58 Å². The van der Waals surface area contributed by atoms with E-state index >= 15 is 0 Å². The maximum Gasteiger partial charge on any atom is -0.0100 e. The van der Waals surface area contributed by atoms with Gasteiger partial charge in [0, 0.05) is 0 Å². The molecule has 0 bridgehead atoms. The van der Waals surface area contributed by atoms with Gasteiger partial charge in [-0.1, -0.05) is 86.0 Å². The van der Waals surface area contributed by atoms with Crippen molar-refractivity contribution in [2.45, 2.75) is 6.42 Å². The van der Waals surface area contributed by atoms with Crippen LogP contribution < -0.4 is 0 Å². The van der Waals surface area contributed by atoms with Crippen LogP contribution in [0.2, 0.25) is 0 Å². The summed E-state index contributed by atoms with van der Waals surface area (Å²) in [7, 11) is 0. The molecule has 2 rings (SSSR count). The third kappa shape index (κ3) is 5.22. The van der Waals surface area contributed by atoms with Crippen LogP contribution in [0, 0.1) is 0 Å². The third-order valence-electron chi connectivity index (χ3n) is 2.66. The van der Waals surface area contributed by atoms with E-state index in [-0.39, 0.29) is 0 Å². The van der Waals surface area contributed by atoms with Crippen molar-refractivity contribution >= 4 is 12.2 Å². The molecule has 0 spiro atoms. The maximum atomic E-state index is 3.69. The summed E-state index contributed by atoms with van der Waals surface area (Å²) >= 11 is 0. The predicted octanol–water partition coefficient (Wildman–Crippen LogP) is 5.39. The Balaban J connectivity index is 0.000000191. The summed E-state index contributed by atoms with van der Waals surface area (Å²) in [5, 5.41) is 0. The van der Waals surface area contributed by atoms with Crippen molar-refractivity contribution in [3.05, 3.63) is 97.1 Å². The topological polar surface area (TPSA) is 0 Å². The third-order valence-corrected chi connectivity index (χ3v) is 2.66. The first-order valence-corrected chi connectivity index (χ1v) is 6.30. The summed E-state index contributed by atoms with van der Waals surface area (Å²) in [5.41, 5.74) is 3.60. The highest BCUT2D eigenvalue weighted by atomic mass is 13.9. The highest BCUT2D eigenvalue weighted by Gasteiger charge is 1.89. The molecule has 0 N–H and O–H groups in total. The number of hydrogen-bond acceptors (Lipinski definition) is 0. The Morgan fingerprint density at radius 1 is 0.684 bits per heavy atom. The number of allylic oxidation sites excluding steroid dienone is 1. The Morgan fingerprint density at radius 3 is 1.58 bits per heavy atom. The molecule has 0 aromatic heterocycles. The normalized spacial score (nSPS) is 8.84. The van der Waals surface area contributed by atoms with Crippen molar-refractivity contribution in [2.75, 3.05) is 0 Å². The van der Waals surface area contributed by atoms with E-state index in [1.165, 1.54) is 5.56 Å². The maximum absolute atomic E-state index is 3.69. The van der Waals surface area contributed by atoms with Gasteiger partial charge in [-0.25, -0.2) is 0 Å². The SMILES string of the molecule is C=CCc1ccccc1.C=Cc1ccccc1C=C. The molecule has 0 heteroatoms. The van der Waals surface area contributed by atoms with Crippen LogP contribution in [0.1, 0.15) is 16.7 Å². The summed E-state index contributed by atoms with van der Waals surface area (Å²) in [5.74, 6) is 0. The van der Waals surface area contributed by atoms with Gasteiger partial charge in [-0.2, -0.15) is 0 Å². The lowest BCUT2D eigenvalue weighted by Gasteiger charge is -1.96. The fourth-order valence-electron chi connectivity index (χ4n) is 1.66. The van der Waals surface area contributed by atoms with Crippen molar-refractivity contribution in [1.82, 2.24) is 0 Å². The van der Waals surface area contributed by atoms with E-state index in [1.54, 1.807) is 0 Å². The van der Waals surface area contributed by atoms with Gasteiger partial charge in [-0.3, -0.25) is 0 Å². The molecule has 19 heavy (non-hydrogen) atoms. The van der Waals surface area contributed by atoms with E-state index in [9.17, 15) is 0 Å². The van der Waals surface area contributed by atoms with Crippen molar-refractivity contribution in [2.24, 2.45) is 0 Å². The molecule has 0 saturated heterocycles. The molecule has 0 amide bonds. The van der Waals surface area contributed by atoms with Crippen LogP contribution in [0.4, 0.5) is 0 Å². The Morgan fingerprint density at radius 2 is 1.16 bits per heavy atom. The quantitative estimate of drug-likeness (QED) is 0.636. The average molecular weight is 248 g/mol. The summed E-state index contributed by atoms with van der Waals surface area (Å²) in [6, 6.07) is 18.3. The molecular weight excluding hydrogens is 228 g/mol. The summed E-state index contributed by atoms with van der Waals surface area (Å²) in [6.07, 6.45) is 6.55. The Labute approximate surface area is 116 Å². The largest absolute Gasteiger partial charge is 0.103 e. The van der Waals surface area contributed by atoms with E-state index in [1.807, 2.05) is 60.7 Å². The van der Waals surface area contributed by atoms with Gasteiger partial charge in [-0.05, 0) is 23.1 Å². The minimum atomic E-state index is 0.973. The van der Waals surface area contributed by atoms with Crippen LogP contribution in [0.5, 0.6) is 0 Å². The van der Waals surface area contributed by atoms with E-state index in [2.05, 4.69) is 31.9 Å². The molecular formula is C19H20. The molecule has 0 radical (unpaired) electrons. The van der Waals surface area contributed by atoms with E-state index in [0.29, 0.717) is 0 Å². The monoisotopic (exact) mass is 248 g/mol. The second kappa shape index (κ2) is 8.71. The van der Waals surface area contributed by atoms with Crippen LogP contribution in [-0.2, 0) is 6.42 Å². The summed E-state index contributed by atoms with van der Waals surface area (Å²) < 4.78 is 0. The Hall–Kier alpha value is -2.34. The predicted molar refractivity (Wildman–Crippen MR) is 87.0 cm³/mol. The van der Waals surface area contributed by atoms with Crippen molar-refractivity contribution in [3.8, 4) is 0 Å². The lowest BCUT2D eigenvalue weighted by Crippen LogP contribution is -1.76. The lowest BCUT2D eigenvalue weighted by atomic mass is 10.1. The molecule has 0 fully saturated rings. The fraction of sp³-hybridized carbons (Fsp3) is 0.0526. The molecule has 0 aliphatic carbocycles. The highest BCUT2D eigenvalue weighted by Crippen LogP contribution is 2.10. The van der Waals surface area contributed by atoms with E-state index in [4.69, 9.17) is 0 Å². The molecule has 0 atom stereocenters. The minimum Gasteiger partial charge on any atom is -0.103 e. The minimum absolute atomic E-state index is 0.973. The van der Waals surface area contributed by atoms with Gasteiger partial charge >= 0.3 is 0 Å². The van der Waals surface area contributed by atoms with E-state index in [0.717, 1.165) is 17.5 Å². The average Bonchev–Trinajstić information content (AvgIpc) is 2.49. The van der Waals surface area contributed by atoms with Gasteiger partial charge in [0.05, 0.1) is 0 Å². The second-order valence-electron chi connectivity index (χ2n) is 4.02. The van der Waals surface area contributed by atoms with Gasteiger partial charge in [0.25, 0.3) is 0 Å². The molecule has 0 aliphatic rings. The molecule has 96 valence electrons. The van der Waals surface area contributed by atoms with Gasteiger partial charge in [0.15, 0.2) is 0 Å². The van der Waals surface area contributed by atoms with Crippen molar-refractivity contribution in [1.29, 1.82) is 0 Å². The zero-order valence-electron chi connectivity index (χ0n) is 11.3. The van der Waals surface area contributed by atoms with Gasteiger partial charge in [0.1, 0.15) is 0 Å². The zero-order chi connectivity index (χ0) is 13.9. The molecule has 0 aliphatic heterocycles. The van der Waals surface area contributed by atoms with Crippen LogP contribution in [-0.4, -0.2) is 0 Å². The first-order valence-electron chi connectivity index (χ1n) is 6.30. The van der Waals surface area contributed by atoms with Crippen molar-refractivity contribution in [3.63, 3.8) is 0 Å². The first-order chi connectivity index (χ1) is 9.31. The molecule has 0 nitrogen and oxygen atoms in total. The Kier molecular flexibility index (Phi) is 6.75. The second-order valence-corrected chi connectivity index (χ2v) is 4.02. The fourth-order valence-corrected chi connectivity index (χ4v) is 1.66. The first kappa shape index (κ1) is 14.7. The van der Waals surface area contributed by atoms with Crippen LogP contribution in [0.25, 0.3) is 12.2 Å².